The number of fused-ring (bicyclic) bond motifs is 1. The van der Waals surface area contributed by atoms with Gasteiger partial charge in [-0.25, -0.2) is 0 Å². The van der Waals surface area contributed by atoms with Crippen LogP contribution in [0.1, 0.15) is 58.6 Å². The third kappa shape index (κ3) is 9.08. The lowest BCUT2D eigenvalue weighted by Crippen LogP contribution is -2.59. The Morgan fingerprint density at radius 3 is 2.25 bits per heavy atom. The average molecular weight is 551 g/mol. The van der Waals surface area contributed by atoms with Gasteiger partial charge < -0.3 is 26.0 Å². The summed E-state index contributed by atoms with van der Waals surface area (Å²) < 4.78 is 6.27. The van der Waals surface area contributed by atoms with E-state index in [0.29, 0.717) is 19.5 Å². The first-order chi connectivity index (χ1) is 19.2. The van der Waals surface area contributed by atoms with Crippen LogP contribution < -0.4 is 26.0 Å². The molecule has 5 atom stereocenters. The van der Waals surface area contributed by atoms with Crippen molar-refractivity contribution < 1.29 is 19.1 Å². The number of hydrogen-bond acceptors (Lipinski definition) is 5. The second-order valence-corrected chi connectivity index (χ2v) is 11.2. The lowest BCUT2D eigenvalue weighted by atomic mass is 9.96. The van der Waals surface area contributed by atoms with Gasteiger partial charge >= 0.3 is 0 Å². The summed E-state index contributed by atoms with van der Waals surface area (Å²) in [6.45, 7) is 10.8. The van der Waals surface area contributed by atoms with Crippen molar-refractivity contribution in [3.63, 3.8) is 0 Å². The zero-order valence-electron chi connectivity index (χ0n) is 24.5. The van der Waals surface area contributed by atoms with Crippen LogP contribution in [-0.4, -0.2) is 55.0 Å². The van der Waals surface area contributed by atoms with Crippen LogP contribution in [0.25, 0.3) is 0 Å². The van der Waals surface area contributed by atoms with Crippen LogP contribution in [-0.2, 0) is 27.2 Å². The number of aryl methyl sites for hydroxylation is 1. The van der Waals surface area contributed by atoms with E-state index in [4.69, 9.17) is 4.74 Å². The third-order valence-electron chi connectivity index (χ3n) is 7.51. The maximum atomic E-state index is 13.5. The predicted octanol–water partition coefficient (Wildman–Crippen LogP) is 3.39. The fraction of sp³-hybridized carbons (Fsp3) is 0.531. The second kappa shape index (κ2) is 15.4. The molecule has 8 heteroatoms. The fourth-order valence-electron chi connectivity index (χ4n) is 4.88. The molecule has 0 saturated heterocycles. The van der Waals surface area contributed by atoms with Gasteiger partial charge in [-0.3, -0.25) is 14.4 Å². The van der Waals surface area contributed by atoms with E-state index in [1.807, 2.05) is 89.2 Å². The van der Waals surface area contributed by atoms with Crippen molar-refractivity contribution in [2.45, 2.75) is 84.5 Å². The van der Waals surface area contributed by atoms with E-state index in [2.05, 4.69) is 21.3 Å². The summed E-state index contributed by atoms with van der Waals surface area (Å²) in [5, 5.41) is 12.3. The smallest absolute Gasteiger partial charge is 0.243 e. The van der Waals surface area contributed by atoms with Crippen molar-refractivity contribution in [3.8, 4) is 5.75 Å². The molecule has 0 spiro atoms. The highest BCUT2D eigenvalue weighted by molar-refractivity contribution is 5.93. The summed E-state index contributed by atoms with van der Waals surface area (Å²) in [4.78, 5) is 40.4. The van der Waals surface area contributed by atoms with Crippen molar-refractivity contribution in [1.82, 2.24) is 21.3 Å². The SMILES string of the molecule is CC[C@H](C)[C@@H]1NC[C@@H](C)Oc2ccccc2CCCNC(=O)[C@@H](Cc2ccccc2)NC(=O)[C@@H](C(C)C)NC1=O. The van der Waals surface area contributed by atoms with Gasteiger partial charge in [-0.05, 0) is 48.8 Å². The molecular weight excluding hydrogens is 504 g/mol. The summed E-state index contributed by atoms with van der Waals surface area (Å²) in [7, 11) is 0. The zero-order valence-corrected chi connectivity index (χ0v) is 24.5. The van der Waals surface area contributed by atoms with Crippen molar-refractivity contribution >= 4 is 17.7 Å². The molecule has 0 radical (unpaired) electrons. The van der Waals surface area contributed by atoms with Gasteiger partial charge in [0, 0.05) is 19.5 Å². The number of hydrogen-bond donors (Lipinski definition) is 4. The Hall–Kier alpha value is -3.39. The summed E-state index contributed by atoms with van der Waals surface area (Å²) in [5.74, 6) is -0.175. The molecule has 1 heterocycles. The molecule has 8 nitrogen and oxygen atoms in total. The van der Waals surface area contributed by atoms with E-state index in [1.54, 1.807) is 0 Å². The highest BCUT2D eigenvalue weighted by Gasteiger charge is 2.32. The number of carbonyl (C=O) groups is 3. The number of carbonyl (C=O) groups excluding carboxylic acids is 3. The Morgan fingerprint density at radius 2 is 1.55 bits per heavy atom. The maximum absolute atomic E-state index is 13.5. The molecule has 0 saturated carbocycles. The van der Waals surface area contributed by atoms with E-state index < -0.39 is 18.1 Å². The lowest BCUT2D eigenvalue weighted by molar-refractivity contribution is -0.134. The molecule has 3 amide bonds. The van der Waals surface area contributed by atoms with Crippen molar-refractivity contribution in [2.75, 3.05) is 13.1 Å². The van der Waals surface area contributed by atoms with Gasteiger partial charge in [0.15, 0.2) is 0 Å². The molecule has 1 aliphatic rings. The van der Waals surface area contributed by atoms with Gasteiger partial charge in [0.05, 0.1) is 6.04 Å². The molecule has 218 valence electrons. The van der Waals surface area contributed by atoms with Crippen LogP contribution in [0.5, 0.6) is 5.75 Å². The van der Waals surface area contributed by atoms with Gasteiger partial charge in [-0.2, -0.15) is 0 Å². The molecule has 0 aliphatic carbocycles. The first-order valence-corrected chi connectivity index (χ1v) is 14.6. The molecule has 1 aliphatic heterocycles. The Bertz CT molecular complexity index is 1110. The van der Waals surface area contributed by atoms with Crippen molar-refractivity contribution in [3.05, 3.63) is 65.7 Å². The Balaban J connectivity index is 1.90. The van der Waals surface area contributed by atoms with Crippen LogP contribution >= 0.6 is 0 Å². The van der Waals surface area contributed by atoms with Gasteiger partial charge in [0.2, 0.25) is 17.7 Å². The first kappa shape index (κ1) is 31.1. The predicted molar refractivity (Wildman–Crippen MR) is 158 cm³/mol. The standard InChI is InChI=1S/C32H46N4O4/c1-6-22(4)29-32(39)36-28(21(2)3)31(38)35-26(19-24-13-8-7-9-14-24)30(37)33-18-12-16-25-15-10-11-17-27(25)40-23(5)20-34-29/h7-11,13-15,17,21-23,26,28-29,34H,6,12,16,18-20H2,1-5H3,(H,33,37)(H,35,38)(H,36,39)/t22-,23+,26+,28+,29-/m0/s1. The van der Waals surface area contributed by atoms with Crippen molar-refractivity contribution in [2.24, 2.45) is 11.8 Å². The molecule has 3 rings (SSSR count). The first-order valence-electron chi connectivity index (χ1n) is 14.6. The largest absolute Gasteiger partial charge is 0.489 e. The minimum atomic E-state index is -0.786. The molecule has 0 fully saturated rings. The summed E-state index contributed by atoms with van der Waals surface area (Å²) in [6.07, 6.45) is 2.43. The minimum Gasteiger partial charge on any atom is -0.489 e. The van der Waals surface area contributed by atoms with Gasteiger partial charge in [-0.1, -0.05) is 82.6 Å². The number of nitrogens with one attached hydrogen (secondary N) is 4. The lowest BCUT2D eigenvalue weighted by Gasteiger charge is -2.30. The molecule has 40 heavy (non-hydrogen) atoms. The van der Waals surface area contributed by atoms with Crippen LogP contribution in [0.4, 0.5) is 0 Å². The van der Waals surface area contributed by atoms with Crippen LogP contribution in [0.3, 0.4) is 0 Å². The molecular formula is C32H46N4O4. The molecule has 4 N–H and O–H groups in total. The Morgan fingerprint density at radius 1 is 0.875 bits per heavy atom. The van der Waals surface area contributed by atoms with Crippen molar-refractivity contribution in [1.29, 1.82) is 0 Å². The number of ether oxygens (including phenoxy) is 1. The molecule has 2 aromatic carbocycles. The quantitative estimate of drug-likeness (QED) is 0.457. The number of para-hydroxylation sites is 1. The topological polar surface area (TPSA) is 109 Å². The summed E-state index contributed by atoms with van der Waals surface area (Å²) in [6, 6.07) is 15.5. The average Bonchev–Trinajstić information content (AvgIpc) is 2.94. The highest BCUT2D eigenvalue weighted by atomic mass is 16.5. The second-order valence-electron chi connectivity index (χ2n) is 11.2. The maximum Gasteiger partial charge on any atom is 0.243 e. The Labute approximate surface area is 239 Å². The summed E-state index contributed by atoms with van der Waals surface area (Å²) in [5.41, 5.74) is 2.01. The van der Waals surface area contributed by atoms with Crippen LogP contribution in [0.2, 0.25) is 0 Å². The number of benzene rings is 2. The zero-order chi connectivity index (χ0) is 29.1. The van der Waals surface area contributed by atoms with Crippen LogP contribution in [0.15, 0.2) is 54.6 Å². The molecule has 0 unspecified atom stereocenters. The normalized spacial score (nSPS) is 24.4. The van der Waals surface area contributed by atoms with E-state index in [1.165, 1.54) is 0 Å². The van der Waals surface area contributed by atoms with Gasteiger partial charge in [-0.15, -0.1) is 0 Å². The van der Waals surface area contributed by atoms with Gasteiger partial charge in [0.25, 0.3) is 0 Å². The summed E-state index contributed by atoms with van der Waals surface area (Å²) >= 11 is 0. The highest BCUT2D eigenvalue weighted by Crippen LogP contribution is 2.21. The molecule has 0 aromatic heterocycles. The van der Waals surface area contributed by atoms with Crippen LogP contribution in [0, 0.1) is 11.8 Å². The number of amides is 3. The van der Waals surface area contributed by atoms with Gasteiger partial charge in [0.1, 0.15) is 23.9 Å². The fourth-order valence-corrected chi connectivity index (χ4v) is 4.88. The Kier molecular flexibility index (Phi) is 12.0. The van der Waals surface area contributed by atoms with E-state index in [-0.39, 0.29) is 35.7 Å². The third-order valence-corrected chi connectivity index (χ3v) is 7.51. The molecule has 2 aromatic rings. The van der Waals surface area contributed by atoms with E-state index in [0.717, 1.165) is 36.1 Å². The minimum absolute atomic E-state index is 0.0394. The van der Waals surface area contributed by atoms with E-state index >= 15 is 0 Å². The van der Waals surface area contributed by atoms with E-state index in [9.17, 15) is 14.4 Å². The molecule has 0 bridgehead atoms. The number of rotatable bonds is 5. The monoisotopic (exact) mass is 550 g/mol.